The monoisotopic (exact) mass is 374 g/mol. The highest BCUT2D eigenvalue weighted by molar-refractivity contribution is 9.08. The summed E-state index contributed by atoms with van der Waals surface area (Å²) in [6.45, 7) is 0.337. The molecule has 2 nitrogen and oxygen atoms in total. The lowest BCUT2D eigenvalue weighted by Gasteiger charge is -2.14. The number of hydrogen-bond donors (Lipinski definition) is 0. The highest BCUT2D eigenvalue weighted by atomic mass is 79.9. The minimum Gasteiger partial charge on any atom is -0.493 e. The van der Waals surface area contributed by atoms with Crippen LogP contribution in [0.4, 0.5) is 0 Å². The molecular weight excluding hydrogens is 363 g/mol. The van der Waals surface area contributed by atoms with Crippen LogP contribution < -0.4 is 9.47 Å². The van der Waals surface area contributed by atoms with Gasteiger partial charge in [-0.1, -0.05) is 57.3 Å². The Morgan fingerprint density at radius 2 is 1.85 bits per heavy atom. The highest BCUT2D eigenvalue weighted by Gasteiger charge is 2.12. The first kappa shape index (κ1) is 15.5. The molecule has 2 aromatic rings. The van der Waals surface area contributed by atoms with Crippen LogP contribution in [0.15, 0.2) is 36.4 Å². The molecule has 0 unspecified atom stereocenters. The van der Waals surface area contributed by atoms with Crippen molar-refractivity contribution in [3.63, 3.8) is 0 Å². The maximum atomic E-state index is 6.24. The van der Waals surface area contributed by atoms with Crippen LogP contribution in [0.5, 0.6) is 11.5 Å². The van der Waals surface area contributed by atoms with Crippen molar-refractivity contribution in [2.75, 3.05) is 7.11 Å². The Morgan fingerprint density at radius 3 is 2.50 bits per heavy atom. The van der Waals surface area contributed by atoms with Gasteiger partial charge in [-0.15, -0.1) is 0 Å². The number of halogens is 3. The van der Waals surface area contributed by atoms with Crippen molar-refractivity contribution in [2.45, 2.75) is 11.9 Å². The van der Waals surface area contributed by atoms with Crippen molar-refractivity contribution in [3.8, 4) is 11.5 Å². The number of ether oxygens (including phenoxy) is 2. The topological polar surface area (TPSA) is 18.5 Å². The molecule has 0 fully saturated rings. The summed E-state index contributed by atoms with van der Waals surface area (Å²) in [4.78, 5) is 0. The molecule has 0 N–H and O–H groups in total. The van der Waals surface area contributed by atoms with Gasteiger partial charge in [-0.3, -0.25) is 0 Å². The molecule has 20 heavy (non-hydrogen) atoms. The smallest absolute Gasteiger partial charge is 0.180 e. The summed E-state index contributed by atoms with van der Waals surface area (Å²) in [5, 5.41) is 1.89. The fraction of sp³-hybridized carbons (Fsp3) is 0.200. The molecule has 0 saturated carbocycles. The van der Waals surface area contributed by atoms with Gasteiger partial charge in [0.05, 0.1) is 12.1 Å². The van der Waals surface area contributed by atoms with Crippen LogP contribution in [0, 0.1) is 0 Å². The normalized spacial score (nSPS) is 10.4. The van der Waals surface area contributed by atoms with E-state index in [9.17, 15) is 0 Å². The van der Waals surface area contributed by atoms with E-state index >= 15 is 0 Å². The molecule has 0 radical (unpaired) electrons. The number of methoxy groups -OCH3 is 1. The summed E-state index contributed by atoms with van der Waals surface area (Å²) < 4.78 is 11.1. The third-order valence-electron chi connectivity index (χ3n) is 2.77. The molecule has 2 rings (SSSR count). The molecule has 0 spiro atoms. The van der Waals surface area contributed by atoms with Gasteiger partial charge in [0.15, 0.2) is 11.5 Å². The SMILES string of the molecule is COc1cc(CBr)cc(Cl)c1OCc1ccccc1Cl. The van der Waals surface area contributed by atoms with Gasteiger partial charge in [0.1, 0.15) is 6.61 Å². The van der Waals surface area contributed by atoms with E-state index in [-0.39, 0.29) is 0 Å². The van der Waals surface area contributed by atoms with Gasteiger partial charge < -0.3 is 9.47 Å². The minimum atomic E-state index is 0.337. The first-order valence-electron chi connectivity index (χ1n) is 5.94. The van der Waals surface area contributed by atoms with E-state index in [0.29, 0.717) is 33.5 Å². The Hall–Kier alpha value is -0.900. The van der Waals surface area contributed by atoms with Crippen LogP contribution in [0.25, 0.3) is 0 Å². The van der Waals surface area contributed by atoms with Crippen LogP contribution in [0.1, 0.15) is 11.1 Å². The van der Waals surface area contributed by atoms with Crippen molar-refractivity contribution in [1.82, 2.24) is 0 Å². The van der Waals surface area contributed by atoms with Crippen molar-refractivity contribution in [2.24, 2.45) is 0 Å². The van der Waals surface area contributed by atoms with Crippen molar-refractivity contribution >= 4 is 39.1 Å². The van der Waals surface area contributed by atoms with Crippen LogP contribution in [0.3, 0.4) is 0 Å². The van der Waals surface area contributed by atoms with E-state index in [1.54, 1.807) is 7.11 Å². The molecule has 5 heteroatoms. The summed E-state index contributed by atoms with van der Waals surface area (Å²) in [5.41, 5.74) is 1.92. The molecule has 0 aromatic heterocycles. The third kappa shape index (κ3) is 3.60. The van der Waals surface area contributed by atoms with E-state index in [1.807, 2.05) is 36.4 Å². The van der Waals surface area contributed by atoms with E-state index < -0.39 is 0 Å². The molecule has 0 saturated heterocycles. The summed E-state index contributed by atoms with van der Waals surface area (Å²) in [5.74, 6) is 1.14. The number of hydrogen-bond acceptors (Lipinski definition) is 2. The van der Waals surface area contributed by atoms with Crippen LogP contribution in [-0.4, -0.2) is 7.11 Å². The van der Waals surface area contributed by atoms with Gasteiger partial charge in [-0.25, -0.2) is 0 Å². The zero-order chi connectivity index (χ0) is 14.5. The first-order chi connectivity index (χ1) is 9.65. The number of benzene rings is 2. The second kappa shape index (κ2) is 7.21. The molecule has 0 heterocycles. The Labute approximate surface area is 136 Å². The van der Waals surface area contributed by atoms with Gasteiger partial charge in [0, 0.05) is 15.9 Å². The largest absolute Gasteiger partial charge is 0.493 e. The molecule has 106 valence electrons. The lowest BCUT2D eigenvalue weighted by Crippen LogP contribution is -1.99. The fourth-order valence-electron chi connectivity index (χ4n) is 1.76. The molecule has 0 atom stereocenters. The van der Waals surface area contributed by atoms with E-state index in [1.165, 1.54) is 0 Å². The standard InChI is InChI=1S/C15H13BrCl2O2/c1-19-14-7-10(8-16)6-13(18)15(14)20-9-11-4-2-3-5-12(11)17/h2-7H,8-9H2,1H3. The predicted molar refractivity (Wildman–Crippen MR) is 86.4 cm³/mol. The Bertz CT molecular complexity index is 602. The Morgan fingerprint density at radius 1 is 1.10 bits per heavy atom. The van der Waals surface area contributed by atoms with Crippen molar-refractivity contribution < 1.29 is 9.47 Å². The van der Waals surface area contributed by atoms with Crippen LogP contribution >= 0.6 is 39.1 Å². The molecule has 2 aromatic carbocycles. The second-order valence-corrected chi connectivity index (χ2v) is 5.50. The summed E-state index contributed by atoms with van der Waals surface area (Å²) in [7, 11) is 1.59. The second-order valence-electron chi connectivity index (χ2n) is 4.12. The fourth-order valence-corrected chi connectivity index (χ4v) is 2.56. The van der Waals surface area contributed by atoms with Gasteiger partial charge >= 0.3 is 0 Å². The average Bonchev–Trinajstić information content (AvgIpc) is 2.46. The quantitative estimate of drug-likeness (QED) is 0.644. The molecule has 0 aliphatic heterocycles. The average molecular weight is 376 g/mol. The molecule has 0 aliphatic rings. The predicted octanol–water partition coefficient (Wildman–Crippen LogP) is 5.48. The highest BCUT2D eigenvalue weighted by Crippen LogP contribution is 2.37. The Balaban J connectivity index is 2.23. The molecular formula is C15H13BrCl2O2. The van der Waals surface area contributed by atoms with E-state index in [4.69, 9.17) is 32.7 Å². The van der Waals surface area contributed by atoms with Gasteiger partial charge in [0.25, 0.3) is 0 Å². The van der Waals surface area contributed by atoms with Gasteiger partial charge in [-0.05, 0) is 23.8 Å². The van der Waals surface area contributed by atoms with E-state index in [0.717, 1.165) is 11.1 Å². The van der Waals surface area contributed by atoms with Crippen molar-refractivity contribution in [3.05, 3.63) is 57.6 Å². The van der Waals surface area contributed by atoms with Crippen LogP contribution in [0.2, 0.25) is 10.0 Å². The lowest BCUT2D eigenvalue weighted by molar-refractivity contribution is 0.284. The van der Waals surface area contributed by atoms with Gasteiger partial charge in [-0.2, -0.15) is 0 Å². The maximum absolute atomic E-state index is 6.24. The maximum Gasteiger partial charge on any atom is 0.180 e. The zero-order valence-corrected chi connectivity index (χ0v) is 13.9. The summed E-state index contributed by atoms with van der Waals surface area (Å²) in [6, 6.07) is 11.3. The van der Waals surface area contributed by atoms with E-state index in [2.05, 4.69) is 15.9 Å². The summed E-state index contributed by atoms with van der Waals surface area (Å²) in [6.07, 6.45) is 0. The first-order valence-corrected chi connectivity index (χ1v) is 7.82. The van der Waals surface area contributed by atoms with Crippen LogP contribution in [-0.2, 0) is 11.9 Å². The number of alkyl halides is 1. The zero-order valence-electron chi connectivity index (χ0n) is 10.8. The lowest BCUT2D eigenvalue weighted by atomic mass is 10.2. The summed E-state index contributed by atoms with van der Waals surface area (Å²) >= 11 is 15.7. The molecule has 0 amide bonds. The van der Waals surface area contributed by atoms with Crippen molar-refractivity contribution in [1.29, 1.82) is 0 Å². The minimum absolute atomic E-state index is 0.337. The third-order valence-corrected chi connectivity index (χ3v) is 4.07. The molecule has 0 aliphatic carbocycles. The van der Waals surface area contributed by atoms with Gasteiger partial charge in [0.2, 0.25) is 0 Å². The molecule has 0 bridgehead atoms. The Kier molecular flexibility index (Phi) is 5.58. The number of rotatable bonds is 5.